The second-order valence-electron chi connectivity index (χ2n) is 4.11. The first-order valence-electron chi connectivity index (χ1n) is 5.60. The van der Waals surface area contributed by atoms with E-state index in [1.54, 1.807) is 30.3 Å². The zero-order chi connectivity index (χ0) is 14.8. The van der Waals surface area contributed by atoms with E-state index in [4.69, 9.17) is 23.2 Å². The Morgan fingerprint density at radius 1 is 1.00 bits per heavy atom. The third kappa shape index (κ3) is 3.86. The second kappa shape index (κ2) is 6.01. The van der Waals surface area contributed by atoms with Gasteiger partial charge in [-0.1, -0.05) is 53.5 Å². The summed E-state index contributed by atoms with van der Waals surface area (Å²) < 4.78 is 32.4. The maximum atomic E-state index is 11.5. The van der Waals surface area contributed by atoms with Gasteiger partial charge in [0.15, 0.2) is 5.37 Å². The zero-order valence-electron chi connectivity index (χ0n) is 10.1. The van der Waals surface area contributed by atoms with E-state index in [9.17, 15) is 13.0 Å². The van der Waals surface area contributed by atoms with E-state index in [-0.39, 0.29) is 0 Å². The predicted octanol–water partition coefficient (Wildman–Crippen LogP) is 3.99. The van der Waals surface area contributed by atoms with Crippen molar-refractivity contribution in [2.75, 3.05) is 5.32 Å². The number of nitrogens with one attached hydrogen (secondary N) is 1. The molecule has 0 saturated carbocycles. The number of hydrogen-bond acceptors (Lipinski definition) is 3. The van der Waals surface area contributed by atoms with Gasteiger partial charge in [0.05, 0.1) is 0 Å². The molecule has 1 unspecified atom stereocenters. The van der Waals surface area contributed by atoms with E-state index in [2.05, 4.69) is 5.32 Å². The van der Waals surface area contributed by atoms with Gasteiger partial charge in [-0.3, -0.25) is 4.55 Å². The minimum Gasteiger partial charge on any atom is -0.363 e. The van der Waals surface area contributed by atoms with Crippen LogP contribution in [-0.2, 0) is 10.1 Å². The van der Waals surface area contributed by atoms with Crippen molar-refractivity contribution in [1.29, 1.82) is 0 Å². The van der Waals surface area contributed by atoms with Crippen molar-refractivity contribution in [2.24, 2.45) is 0 Å². The summed E-state index contributed by atoms with van der Waals surface area (Å²) >= 11 is 11.7. The van der Waals surface area contributed by atoms with Gasteiger partial charge in [0.2, 0.25) is 0 Å². The summed E-state index contributed by atoms with van der Waals surface area (Å²) in [6.07, 6.45) is 0. The van der Waals surface area contributed by atoms with Crippen LogP contribution in [0.15, 0.2) is 48.5 Å². The largest absolute Gasteiger partial charge is 0.363 e. The Kier molecular flexibility index (Phi) is 4.55. The molecule has 0 saturated heterocycles. The topological polar surface area (TPSA) is 66.4 Å². The van der Waals surface area contributed by atoms with Crippen LogP contribution in [0.1, 0.15) is 10.9 Å². The molecule has 0 aromatic heterocycles. The van der Waals surface area contributed by atoms with E-state index in [1.165, 1.54) is 18.2 Å². The van der Waals surface area contributed by atoms with Gasteiger partial charge >= 0.3 is 0 Å². The molecule has 20 heavy (non-hydrogen) atoms. The Labute approximate surface area is 127 Å². The highest BCUT2D eigenvalue weighted by Crippen LogP contribution is 2.28. The average molecular weight is 332 g/mol. The maximum Gasteiger partial charge on any atom is 0.290 e. The number of anilines is 1. The van der Waals surface area contributed by atoms with Crippen molar-refractivity contribution < 1.29 is 13.0 Å². The Hall–Kier alpha value is -1.27. The fraction of sp³-hybridized carbons (Fsp3) is 0.0769. The van der Waals surface area contributed by atoms with Crippen molar-refractivity contribution in [3.8, 4) is 0 Å². The first kappa shape index (κ1) is 15.1. The molecule has 2 aromatic carbocycles. The minimum absolute atomic E-state index is 0.363. The van der Waals surface area contributed by atoms with E-state index < -0.39 is 15.5 Å². The molecule has 0 aliphatic rings. The molecule has 0 aliphatic carbocycles. The van der Waals surface area contributed by atoms with Crippen LogP contribution >= 0.6 is 23.2 Å². The first-order valence-corrected chi connectivity index (χ1v) is 7.86. The van der Waals surface area contributed by atoms with Crippen molar-refractivity contribution >= 4 is 39.0 Å². The van der Waals surface area contributed by atoms with Gasteiger partial charge in [0.25, 0.3) is 10.1 Å². The van der Waals surface area contributed by atoms with Gasteiger partial charge < -0.3 is 5.32 Å². The molecule has 0 heterocycles. The summed E-state index contributed by atoms with van der Waals surface area (Å²) in [6, 6.07) is 12.9. The highest BCUT2D eigenvalue weighted by molar-refractivity contribution is 7.86. The quantitative estimate of drug-likeness (QED) is 0.831. The smallest absolute Gasteiger partial charge is 0.290 e. The molecule has 0 fully saturated rings. The van der Waals surface area contributed by atoms with Crippen molar-refractivity contribution in [1.82, 2.24) is 0 Å². The molecule has 2 N–H and O–H groups in total. The van der Waals surface area contributed by atoms with Crippen LogP contribution in [0, 0.1) is 0 Å². The third-order valence-electron chi connectivity index (χ3n) is 2.56. The molecule has 106 valence electrons. The van der Waals surface area contributed by atoms with Gasteiger partial charge in [0.1, 0.15) is 0 Å². The number of rotatable bonds is 4. The van der Waals surface area contributed by atoms with Crippen LogP contribution in [-0.4, -0.2) is 13.0 Å². The van der Waals surface area contributed by atoms with E-state index in [1.807, 2.05) is 0 Å². The molecule has 0 spiro atoms. The van der Waals surface area contributed by atoms with Crippen LogP contribution in [0.25, 0.3) is 0 Å². The lowest BCUT2D eigenvalue weighted by molar-refractivity contribution is 0.473. The summed E-state index contributed by atoms with van der Waals surface area (Å²) in [7, 11) is -4.34. The van der Waals surface area contributed by atoms with Gasteiger partial charge in [-0.15, -0.1) is 0 Å². The summed E-state index contributed by atoms with van der Waals surface area (Å²) in [5.74, 6) is 0. The lowest BCUT2D eigenvalue weighted by atomic mass is 10.2. The molecule has 0 aliphatic heterocycles. The summed E-state index contributed by atoms with van der Waals surface area (Å²) in [5, 5.41) is 2.14. The van der Waals surface area contributed by atoms with Crippen LogP contribution in [0.5, 0.6) is 0 Å². The number of hydrogen-bond donors (Lipinski definition) is 2. The van der Waals surface area contributed by atoms with Crippen molar-refractivity contribution in [3.05, 3.63) is 64.1 Å². The van der Waals surface area contributed by atoms with Gasteiger partial charge in [0, 0.05) is 15.7 Å². The highest BCUT2D eigenvalue weighted by atomic mass is 35.5. The van der Waals surface area contributed by atoms with Gasteiger partial charge in [-0.2, -0.15) is 8.42 Å². The molecule has 7 heteroatoms. The molecule has 1 atom stereocenters. The van der Waals surface area contributed by atoms with Gasteiger partial charge in [-0.05, 0) is 23.8 Å². The molecule has 0 amide bonds. The summed E-state index contributed by atoms with van der Waals surface area (Å²) in [4.78, 5) is 0. The lowest BCUT2D eigenvalue weighted by Gasteiger charge is -2.17. The molecule has 2 aromatic rings. The van der Waals surface area contributed by atoms with Crippen LogP contribution in [0.2, 0.25) is 10.0 Å². The highest BCUT2D eigenvalue weighted by Gasteiger charge is 2.24. The Bertz CT molecular complexity index is 685. The summed E-state index contributed by atoms with van der Waals surface area (Å²) in [6.45, 7) is 0. The first-order chi connectivity index (χ1) is 9.36. The SMILES string of the molecule is O=S(=O)(O)C(Nc1cc(Cl)cc(Cl)c1)c1ccccc1. The van der Waals surface area contributed by atoms with Crippen molar-refractivity contribution in [3.63, 3.8) is 0 Å². The number of halogens is 2. The molecule has 4 nitrogen and oxygen atoms in total. The fourth-order valence-electron chi connectivity index (χ4n) is 1.75. The maximum absolute atomic E-state index is 11.5. The Balaban J connectivity index is 2.39. The van der Waals surface area contributed by atoms with E-state index in [0.717, 1.165) is 0 Å². The standard InChI is InChI=1S/C13H11Cl2NO3S/c14-10-6-11(15)8-12(7-10)16-13(20(17,18)19)9-4-2-1-3-5-9/h1-8,13,16H,(H,17,18,19). The third-order valence-corrected chi connectivity index (χ3v) is 3.98. The van der Waals surface area contributed by atoms with E-state index in [0.29, 0.717) is 21.3 Å². The zero-order valence-corrected chi connectivity index (χ0v) is 12.5. The molecule has 0 bridgehead atoms. The fourth-order valence-corrected chi connectivity index (χ4v) is 3.06. The lowest BCUT2D eigenvalue weighted by Crippen LogP contribution is -2.20. The average Bonchev–Trinajstić information content (AvgIpc) is 2.34. The van der Waals surface area contributed by atoms with Crippen LogP contribution in [0.4, 0.5) is 5.69 Å². The molecule has 2 rings (SSSR count). The monoisotopic (exact) mass is 331 g/mol. The van der Waals surface area contributed by atoms with Gasteiger partial charge in [-0.25, -0.2) is 0 Å². The van der Waals surface area contributed by atoms with Crippen molar-refractivity contribution in [2.45, 2.75) is 5.37 Å². The predicted molar refractivity (Wildman–Crippen MR) is 80.8 cm³/mol. The minimum atomic E-state index is -4.34. The Morgan fingerprint density at radius 2 is 1.55 bits per heavy atom. The number of benzene rings is 2. The van der Waals surface area contributed by atoms with Crippen LogP contribution in [0.3, 0.4) is 0 Å². The van der Waals surface area contributed by atoms with E-state index >= 15 is 0 Å². The Morgan fingerprint density at radius 3 is 2.05 bits per heavy atom. The van der Waals surface area contributed by atoms with Crippen LogP contribution < -0.4 is 5.32 Å². The molecule has 0 radical (unpaired) electrons. The molecular weight excluding hydrogens is 321 g/mol. The summed E-state index contributed by atoms with van der Waals surface area (Å²) in [5.41, 5.74) is 0.806. The molecular formula is C13H11Cl2NO3S. The normalized spacial score (nSPS) is 12.9. The second-order valence-corrected chi connectivity index (χ2v) is 6.48.